The van der Waals surface area contributed by atoms with Crippen molar-refractivity contribution in [1.82, 2.24) is 0 Å². The summed E-state index contributed by atoms with van der Waals surface area (Å²) in [5.41, 5.74) is 6.25. The van der Waals surface area contributed by atoms with Gasteiger partial charge in [0.2, 0.25) is 0 Å². The van der Waals surface area contributed by atoms with Crippen LogP contribution < -0.4 is 10.5 Å². The summed E-state index contributed by atoms with van der Waals surface area (Å²) in [5, 5.41) is 0. The van der Waals surface area contributed by atoms with Crippen molar-refractivity contribution in [2.45, 2.75) is 57.1 Å². The molecule has 110 valence electrons. The Morgan fingerprint density at radius 2 is 1.60 bits per heavy atom. The van der Waals surface area contributed by atoms with E-state index in [9.17, 15) is 8.78 Å². The molecule has 0 aromatic heterocycles. The molecule has 1 aromatic rings. The smallest absolute Gasteiger partial charge is 0.129 e. The predicted octanol–water partition coefficient (Wildman–Crippen LogP) is 3.78. The second-order valence-electron chi connectivity index (χ2n) is 6.20. The minimum absolute atomic E-state index is 0.00296. The van der Waals surface area contributed by atoms with Gasteiger partial charge in [0.25, 0.3) is 0 Å². The number of halogens is 2. The van der Waals surface area contributed by atoms with Crippen molar-refractivity contribution in [3.63, 3.8) is 0 Å². The van der Waals surface area contributed by atoms with E-state index in [0.29, 0.717) is 0 Å². The van der Waals surface area contributed by atoms with Gasteiger partial charge in [0, 0.05) is 36.1 Å². The molecule has 2 nitrogen and oxygen atoms in total. The molecule has 2 aliphatic carbocycles. The van der Waals surface area contributed by atoms with Gasteiger partial charge in [-0.1, -0.05) is 25.7 Å². The molecule has 0 bridgehead atoms. The van der Waals surface area contributed by atoms with Gasteiger partial charge in [0.15, 0.2) is 0 Å². The predicted molar refractivity (Wildman–Crippen MR) is 73.5 cm³/mol. The Bertz CT molecular complexity index is 463. The minimum atomic E-state index is -0.599. The van der Waals surface area contributed by atoms with E-state index in [-0.39, 0.29) is 23.3 Å². The summed E-state index contributed by atoms with van der Waals surface area (Å²) in [6.45, 7) is 0. The zero-order valence-electron chi connectivity index (χ0n) is 11.6. The minimum Gasteiger partial charge on any atom is -0.490 e. The number of benzene rings is 1. The van der Waals surface area contributed by atoms with E-state index in [0.717, 1.165) is 25.3 Å². The maximum Gasteiger partial charge on any atom is 0.129 e. The maximum absolute atomic E-state index is 13.2. The van der Waals surface area contributed by atoms with E-state index >= 15 is 0 Å². The second-order valence-corrected chi connectivity index (χ2v) is 6.20. The molecule has 2 atom stereocenters. The van der Waals surface area contributed by atoms with Crippen LogP contribution in [0.25, 0.3) is 0 Å². The average Bonchev–Trinajstić information content (AvgIpc) is 2.65. The SMILES string of the molecule is NC1CC(Oc2cc(F)cc(F)c2)C12CCCCCC2. The number of ether oxygens (including phenoxy) is 1. The van der Waals surface area contributed by atoms with E-state index in [1.165, 1.54) is 37.8 Å². The van der Waals surface area contributed by atoms with Gasteiger partial charge in [-0.25, -0.2) is 8.78 Å². The lowest BCUT2D eigenvalue weighted by molar-refractivity contribution is -0.0772. The van der Waals surface area contributed by atoms with Gasteiger partial charge >= 0.3 is 0 Å². The number of nitrogens with two attached hydrogens (primary N) is 1. The highest BCUT2D eigenvalue weighted by Crippen LogP contribution is 2.51. The number of rotatable bonds is 2. The van der Waals surface area contributed by atoms with Gasteiger partial charge in [-0.15, -0.1) is 0 Å². The molecule has 1 aromatic carbocycles. The summed E-state index contributed by atoms with van der Waals surface area (Å²) in [6, 6.07) is 3.51. The molecule has 0 aliphatic heterocycles. The summed E-state index contributed by atoms with van der Waals surface area (Å²) in [6.07, 6.45) is 7.74. The van der Waals surface area contributed by atoms with Crippen LogP contribution >= 0.6 is 0 Å². The molecule has 2 N–H and O–H groups in total. The third kappa shape index (κ3) is 2.41. The van der Waals surface area contributed by atoms with Gasteiger partial charge in [0.1, 0.15) is 23.5 Å². The van der Waals surface area contributed by atoms with Crippen LogP contribution in [0.2, 0.25) is 0 Å². The fraction of sp³-hybridized carbons (Fsp3) is 0.625. The number of hydrogen-bond donors (Lipinski definition) is 1. The van der Waals surface area contributed by atoms with Crippen LogP contribution in [0.3, 0.4) is 0 Å². The molecule has 2 aliphatic rings. The Hall–Kier alpha value is -1.16. The van der Waals surface area contributed by atoms with E-state index in [1.807, 2.05) is 0 Å². The zero-order valence-corrected chi connectivity index (χ0v) is 11.6. The normalized spacial score (nSPS) is 28.8. The average molecular weight is 281 g/mol. The molecule has 0 saturated heterocycles. The fourth-order valence-electron chi connectivity index (χ4n) is 3.78. The molecule has 2 unspecified atom stereocenters. The van der Waals surface area contributed by atoms with Gasteiger partial charge in [-0.05, 0) is 12.8 Å². The van der Waals surface area contributed by atoms with Crippen molar-refractivity contribution < 1.29 is 13.5 Å². The molecule has 0 amide bonds. The summed E-state index contributed by atoms with van der Waals surface area (Å²) < 4.78 is 32.3. The van der Waals surface area contributed by atoms with Gasteiger partial charge < -0.3 is 10.5 Å². The third-order valence-electron chi connectivity index (χ3n) is 5.00. The molecule has 3 rings (SSSR count). The monoisotopic (exact) mass is 281 g/mol. The largest absolute Gasteiger partial charge is 0.490 e. The van der Waals surface area contributed by atoms with E-state index in [4.69, 9.17) is 10.5 Å². The van der Waals surface area contributed by atoms with Crippen LogP contribution in [0.4, 0.5) is 8.78 Å². The molecule has 0 heterocycles. The fourth-order valence-corrected chi connectivity index (χ4v) is 3.78. The Balaban J connectivity index is 1.76. The van der Waals surface area contributed by atoms with Crippen LogP contribution in [0.1, 0.15) is 44.9 Å². The Morgan fingerprint density at radius 1 is 1.00 bits per heavy atom. The molecule has 4 heteroatoms. The molecule has 2 fully saturated rings. The van der Waals surface area contributed by atoms with Crippen molar-refractivity contribution in [1.29, 1.82) is 0 Å². The van der Waals surface area contributed by atoms with E-state index in [1.54, 1.807) is 0 Å². The van der Waals surface area contributed by atoms with Gasteiger partial charge in [-0.2, -0.15) is 0 Å². The van der Waals surface area contributed by atoms with E-state index < -0.39 is 11.6 Å². The van der Waals surface area contributed by atoms with Crippen molar-refractivity contribution in [2.75, 3.05) is 0 Å². The highest BCUT2D eigenvalue weighted by molar-refractivity contribution is 5.25. The lowest BCUT2D eigenvalue weighted by Gasteiger charge is -2.54. The van der Waals surface area contributed by atoms with E-state index in [2.05, 4.69) is 0 Å². The first-order chi connectivity index (χ1) is 9.60. The molecule has 0 radical (unpaired) electrons. The molecule has 1 spiro atoms. The zero-order chi connectivity index (χ0) is 14.2. The van der Waals surface area contributed by atoms with Crippen molar-refractivity contribution in [3.8, 4) is 5.75 Å². The Morgan fingerprint density at radius 3 is 2.15 bits per heavy atom. The first-order valence-corrected chi connectivity index (χ1v) is 7.48. The lowest BCUT2D eigenvalue weighted by atomic mass is 9.58. The van der Waals surface area contributed by atoms with Crippen LogP contribution in [0, 0.1) is 17.0 Å². The lowest BCUT2D eigenvalue weighted by Crippen LogP contribution is -2.63. The van der Waals surface area contributed by atoms with Crippen LogP contribution in [-0.4, -0.2) is 12.1 Å². The number of hydrogen-bond acceptors (Lipinski definition) is 2. The van der Waals surface area contributed by atoms with Gasteiger partial charge in [-0.3, -0.25) is 0 Å². The standard InChI is InChI=1S/C16H21F2NO/c17-11-7-12(18)9-13(8-11)20-15-10-14(19)16(15)5-3-1-2-4-6-16/h7-9,14-15H,1-6,10,19H2. The maximum atomic E-state index is 13.2. The Labute approximate surface area is 118 Å². The van der Waals surface area contributed by atoms with Crippen LogP contribution in [0.5, 0.6) is 5.75 Å². The van der Waals surface area contributed by atoms with Crippen molar-refractivity contribution in [2.24, 2.45) is 11.1 Å². The first-order valence-electron chi connectivity index (χ1n) is 7.48. The third-order valence-corrected chi connectivity index (χ3v) is 5.00. The molecular formula is C16H21F2NO. The highest BCUT2D eigenvalue weighted by atomic mass is 19.1. The molecular weight excluding hydrogens is 260 g/mol. The van der Waals surface area contributed by atoms with Crippen molar-refractivity contribution in [3.05, 3.63) is 29.8 Å². The quantitative estimate of drug-likeness (QED) is 0.895. The van der Waals surface area contributed by atoms with Crippen LogP contribution in [-0.2, 0) is 0 Å². The highest BCUT2D eigenvalue weighted by Gasteiger charge is 2.54. The molecule has 20 heavy (non-hydrogen) atoms. The second kappa shape index (κ2) is 5.32. The Kier molecular flexibility index (Phi) is 3.67. The van der Waals surface area contributed by atoms with Gasteiger partial charge in [0.05, 0.1) is 0 Å². The summed E-state index contributed by atoms with van der Waals surface area (Å²) in [5.74, 6) is -0.917. The first kappa shape index (κ1) is 13.8. The van der Waals surface area contributed by atoms with Crippen LogP contribution in [0.15, 0.2) is 18.2 Å². The molecule has 2 saturated carbocycles. The topological polar surface area (TPSA) is 35.2 Å². The van der Waals surface area contributed by atoms with Crippen molar-refractivity contribution >= 4 is 0 Å². The summed E-state index contributed by atoms with van der Waals surface area (Å²) in [4.78, 5) is 0. The summed E-state index contributed by atoms with van der Waals surface area (Å²) in [7, 11) is 0. The summed E-state index contributed by atoms with van der Waals surface area (Å²) >= 11 is 0.